The van der Waals surface area contributed by atoms with Crippen molar-refractivity contribution < 1.29 is 9.13 Å². The van der Waals surface area contributed by atoms with E-state index in [2.05, 4.69) is 0 Å². The molecule has 0 aromatic carbocycles. The Kier molecular flexibility index (Phi) is 4.99. The van der Waals surface area contributed by atoms with Crippen LogP contribution in [0.2, 0.25) is 4.34 Å². The fraction of sp³-hybridized carbons (Fsp3) is 0.600. The van der Waals surface area contributed by atoms with Crippen molar-refractivity contribution in [2.45, 2.75) is 18.5 Å². The molecule has 86 valence electrons. The normalized spacial score (nSPS) is 15.2. The van der Waals surface area contributed by atoms with Gasteiger partial charge in [0.05, 0.1) is 10.9 Å². The SMILES string of the molecule is COCC(F)(CCCN)c1ccc(Cl)s1. The summed E-state index contributed by atoms with van der Waals surface area (Å²) in [4.78, 5) is 0.614. The zero-order valence-corrected chi connectivity index (χ0v) is 10.2. The minimum Gasteiger partial charge on any atom is -0.381 e. The lowest BCUT2D eigenvalue weighted by Gasteiger charge is -2.22. The van der Waals surface area contributed by atoms with Crippen LogP contribution in [-0.4, -0.2) is 20.3 Å². The van der Waals surface area contributed by atoms with Crippen LogP contribution < -0.4 is 5.73 Å². The summed E-state index contributed by atoms with van der Waals surface area (Å²) in [5.41, 5.74) is 3.93. The van der Waals surface area contributed by atoms with E-state index >= 15 is 0 Å². The summed E-state index contributed by atoms with van der Waals surface area (Å²) in [7, 11) is 1.49. The van der Waals surface area contributed by atoms with E-state index in [0.717, 1.165) is 0 Å². The molecule has 1 heterocycles. The van der Waals surface area contributed by atoms with Gasteiger partial charge in [-0.15, -0.1) is 11.3 Å². The van der Waals surface area contributed by atoms with Gasteiger partial charge in [-0.2, -0.15) is 0 Å². The van der Waals surface area contributed by atoms with Crippen molar-refractivity contribution in [3.8, 4) is 0 Å². The molecule has 0 radical (unpaired) electrons. The van der Waals surface area contributed by atoms with E-state index in [9.17, 15) is 4.39 Å². The number of halogens is 2. The van der Waals surface area contributed by atoms with Gasteiger partial charge < -0.3 is 10.5 Å². The van der Waals surface area contributed by atoms with Gasteiger partial charge in [-0.3, -0.25) is 0 Å². The number of nitrogens with two attached hydrogens (primary N) is 1. The zero-order valence-electron chi connectivity index (χ0n) is 8.63. The largest absolute Gasteiger partial charge is 0.381 e. The first-order valence-corrected chi connectivity index (χ1v) is 5.95. The Morgan fingerprint density at radius 3 is 2.80 bits per heavy atom. The van der Waals surface area contributed by atoms with Crippen LogP contribution in [0.1, 0.15) is 17.7 Å². The van der Waals surface area contributed by atoms with Crippen molar-refractivity contribution in [1.82, 2.24) is 0 Å². The molecule has 1 aromatic rings. The summed E-state index contributed by atoms with van der Waals surface area (Å²) in [5, 5.41) is 0. The molecule has 2 nitrogen and oxygen atoms in total. The Morgan fingerprint density at radius 1 is 1.60 bits per heavy atom. The second kappa shape index (κ2) is 5.80. The van der Waals surface area contributed by atoms with E-state index in [-0.39, 0.29) is 6.61 Å². The molecular weight excluding hydrogens is 237 g/mol. The molecule has 0 aliphatic heterocycles. The Hall–Kier alpha value is -0.160. The molecule has 15 heavy (non-hydrogen) atoms. The molecule has 2 N–H and O–H groups in total. The molecule has 0 fully saturated rings. The lowest BCUT2D eigenvalue weighted by Crippen LogP contribution is -2.26. The zero-order chi connectivity index (χ0) is 11.3. The van der Waals surface area contributed by atoms with Crippen LogP contribution in [0.4, 0.5) is 4.39 Å². The summed E-state index contributed by atoms with van der Waals surface area (Å²) >= 11 is 7.04. The predicted octanol–water partition coefficient (Wildman–Crippen LogP) is 2.95. The first kappa shape index (κ1) is 12.9. The Balaban J connectivity index is 2.79. The van der Waals surface area contributed by atoms with Crippen LogP contribution in [0.3, 0.4) is 0 Å². The molecule has 0 saturated heterocycles. The third-order valence-corrected chi connectivity index (χ3v) is 3.58. The van der Waals surface area contributed by atoms with Crippen LogP contribution >= 0.6 is 22.9 Å². The van der Waals surface area contributed by atoms with Gasteiger partial charge in [0.25, 0.3) is 0 Å². The third-order valence-electron chi connectivity index (χ3n) is 2.17. The van der Waals surface area contributed by atoms with Crippen LogP contribution in [0.5, 0.6) is 0 Å². The van der Waals surface area contributed by atoms with E-state index in [0.29, 0.717) is 28.6 Å². The minimum absolute atomic E-state index is 0.0455. The van der Waals surface area contributed by atoms with Crippen molar-refractivity contribution in [2.75, 3.05) is 20.3 Å². The van der Waals surface area contributed by atoms with E-state index < -0.39 is 5.67 Å². The van der Waals surface area contributed by atoms with Gasteiger partial charge in [-0.05, 0) is 31.5 Å². The number of hydrogen-bond donors (Lipinski definition) is 1. The van der Waals surface area contributed by atoms with Crippen LogP contribution in [0.15, 0.2) is 12.1 Å². The van der Waals surface area contributed by atoms with Gasteiger partial charge in [0.15, 0.2) is 5.67 Å². The van der Waals surface area contributed by atoms with Gasteiger partial charge in [0.2, 0.25) is 0 Å². The lowest BCUT2D eigenvalue weighted by molar-refractivity contribution is 0.0331. The highest BCUT2D eigenvalue weighted by atomic mass is 35.5. The van der Waals surface area contributed by atoms with E-state index in [1.54, 1.807) is 12.1 Å². The Morgan fingerprint density at radius 2 is 2.33 bits per heavy atom. The second-order valence-corrected chi connectivity index (χ2v) is 5.11. The van der Waals surface area contributed by atoms with Gasteiger partial charge in [-0.1, -0.05) is 11.6 Å². The maximum absolute atomic E-state index is 14.5. The van der Waals surface area contributed by atoms with Crippen molar-refractivity contribution >= 4 is 22.9 Å². The standard InChI is InChI=1S/C10H15ClFNOS/c1-14-7-10(12,5-2-6-13)8-3-4-9(11)15-8/h3-4H,2,5-7,13H2,1H3. The number of methoxy groups -OCH3 is 1. The summed E-state index contributed by atoms with van der Waals surface area (Å²) in [6, 6.07) is 3.41. The molecule has 0 bridgehead atoms. The van der Waals surface area contributed by atoms with E-state index in [4.69, 9.17) is 22.1 Å². The average Bonchev–Trinajstić information content (AvgIpc) is 2.63. The van der Waals surface area contributed by atoms with Gasteiger partial charge >= 0.3 is 0 Å². The lowest BCUT2D eigenvalue weighted by atomic mass is 9.99. The number of ether oxygens (including phenoxy) is 1. The minimum atomic E-state index is -1.45. The molecular formula is C10H15ClFNOS. The Labute approximate surface area is 98.2 Å². The van der Waals surface area contributed by atoms with Crippen LogP contribution in [0, 0.1) is 0 Å². The summed E-state index contributed by atoms with van der Waals surface area (Å²) in [6.07, 6.45) is 1.00. The molecule has 0 spiro atoms. The maximum Gasteiger partial charge on any atom is 0.168 e. The molecule has 0 amide bonds. The first-order valence-electron chi connectivity index (χ1n) is 4.76. The van der Waals surface area contributed by atoms with E-state index in [1.165, 1.54) is 18.4 Å². The van der Waals surface area contributed by atoms with Gasteiger partial charge in [0.1, 0.15) is 0 Å². The highest BCUT2D eigenvalue weighted by Crippen LogP contribution is 2.37. The maximum atomic E-state index is 14.5. The highest BCUT2D eigenvalue weighted by Gasteiger charge is 2.33. The fourth-order valence-corrected chi connectivity index (χ4v) is 2.57. The molecule has 1 aromatic heterocycles. The fourth-order valence-electron chi connectivity index (χ4n) is 1.43. The molecule has 0 aliphatic carbocycles. The smallest absolute Gasteiger partial charge is 0.168 e. The molecule has 0 aliphatic rings. The highest BCUT2D eigenvalue weighted by molar-refractivity contribution is 7.16. The van der Waals surface area contributed by atoms with Crippen LogP contribution in [0.25, 0.3) is 0 Å². The van der Waals surface area contributed by atoms with Gasteiger partial charge in [-0.25, -0.2) is 4.39 Å². The topological polar surface area (TPSA) is 35.2 Å². The van der Waals surface area contributed by atoms with Crippen molar-refractivity contribution in [1.29, 1.82) is 0 Å². The number of alkyl halides is 1. The molecule has 1 unspecified atom stereocenters. The van der Waals surface area contributed by atoms with E-state index in [1.807, 2.05) is 0 Å². The summed E-state index contributed by atoms with van der Waals surface area (Å²) < 4.78 is 20.0. The molecule has 1 rings (SSSR count). The quantitative estimate of drug-likeness (QED) is 0.844. The van der Waals surface area contributed by atoms with Crippen molar-refractivity contribution in [2.24, 2.45) is 5.73 Å². The van der Waals surface area contributed by atoms with Crippen molar-refractivity contribution in [3.05, 3.63) is 21.3 Å². The number of rotatable bonds is 6. The Bertz CT molecular complexity index is 307. The van der Waals surface area contributed by atoms with Crippen molar-refractivity contribution in [3.63, 3.8) is 0 Å². The first-order chi connectivity index (χ1) is 7.12. The summed E-state index contributed by atoms with van der Waals surface area (Å²) in [6.45, 7) is 0.526. The van der Waals surface area contributed by atoms with Gasteiger partial charge in [0, 0.05) is 12.0 Å². The summed E-state index contributed by atoms with van der Waals surface area (Å²) in [5.74, 6) is 0. The van der Waals surface area contributed by atoms with Crippen LogP contribution in [-0.2, 0) is 10.4 Å². The number of hydrogen-bond acceptors (Lipinski definition) is 3. The third kappa shape index (κ3) is 3.41. The molecule has 1 atom stereocenters. The number of thiophene rings is 1. The second-order valence-electron chi connectivity index (χ2n) is 3.39. The average molecular weight is 252 g/mol. The molecule has 0 saturated carbocycles. The predicted molar refractivity (Wildman–Crippen MR) is 62.3 cm³/mol. The molecule has 5 heteroatoms. The monoisotopic (exact) mass is 251 g/mol.